The first kappa shape index (κ1) is 17.0. The van der Waals surface area contributed by atoms with E-state index in [1.54, 1.807) is 12.1 Å². The summed E-state index contributed by atoms with van der Waals surface area (Å²) in [5, 5.41) is 2.69. The summed E-state index contributed by atoms with van der Waals surface area (Å²) in [6, 6.07) is 9.88. The van der Waals surface area contributed by atoms with Crippen LogP contribution in [0.25, 0.3) is 6.08 Å². The number of imide groups is 1. The highest BCUT2D eigenvalue weighted by Gasteiger charge is 2.35. The van der Waals surface area contributed by atoms with Crippen LogP contribution in [0.2, 0.25) is 5.02 Å². The summed E-state index contributed by atoms with van der Waals surface area (Å²) in [4.78, 5) is 25.3. The molecule has 1 fully saturated rings. The number of benzene rings is 2. The lowest BCUT2D eigenvalue weighted by Gasteiger charge is -2.11. The van der Waals surface area contributed by atoms with E-state index in [0.29, 0.717) is 5.02 Å². The fraction of sp³-hybridized carbons (Fsp3) is 0.0588. The fourth-order valence-corrected chi connectivity index (χ4v) is 2.54. The molecule has 0 atom stereocenters. The third-order valence-electron chi connectivity index (χ3n) is 3.47. The quantitative estimate of drug-likeness (QED) is 0.630. The lowest BCUT2D eigenvalue weighted by molar-refractivity contribution is -0.137. The van der Waals surface area contributed by atoms with E-state index in [4.69, 9.17) is 11.6 Å². The number of anilines is 1. The number of carbonyl (C=O) groups excluding carboxylic acids is 2. The van der Waals surface area contributed by atoms with Crippen LogP contribution in [0, 0.1) is 0 Å². The van der Waals surface area contributed by atoms with Crippen molar-refractivity contribution in [3.63, 3.8) is 0 Å². The number of urea groups is 1. The largest absolute Gasteiger partial charge is 0.416 e. The van der Waals surface area contributed by atoms with Crippen molar-refractivity contribution < 1.29 is 22.8 Å². The lowest BCUT2D eigenvalue weighted by atomic mass is 10.1. The molecule has 0 bridgehead atoms. The predicted octanol–water partition coefficient (Wildman–Crippen LogP) is 4.46. The normalized spacial score (nSPS) is 16.5. The van der Waals surface area contributed by atoms with Crippen LogP contribution in [0.4, 0.5) is 23.7 Å². The second-order valence-electron chi connectivity index (χ2n) is 5.23. The highest BCUT2D eigenvalue weighted by atomic mass is 35.5. The summed E-state index contributed by atoms with van der Waals surface area (Å²) in [5.41, 5.74) is -0.552. The van der Waals surface area contributed by atoms with Gasteiger partial charge >= 0.3 is 12.2 Å². The molecule has 1 N–H and O–H groups in total. The van der Waals surface area contributed by atoms with Gasteiger partial charge in [-0.05, 0) is 42.0 Å². The number of rotatable bonds is 2. The van der Waals surface area contributed by atoms with Gasteiger partial charge in [-0.1, -0.05) is 29.8 Å². The van der Waals surface area contributed by atoms with E-state index < -0.39 is 23.7 Å². The number of hydrogen-bond donors (Lipinski definition) is 1. The SMILES string of the molecule is O=C1N/C(=C/c2cccc(C(F)(F)F)c2)C(=O)N1c1cccc(Cl)c1. The molecule has 2 aromatic carbocycles. The van der Waals surface area contributed by atoms with Crippen LogP contribution in [-0.2, 0) is 11.0 Å². The van der Waals surface area contributed by atoms with Crippen LogP contribution in [0.3, 0.4) is 0 Å². The number of hydrogen-bond acceptors (Lipinski definition) is 2. The fourth-order valence-electron chi connectivity index (χ4n) is 2.36. The van der Waals surface area contributed by atoms with Gasteiger partial charge in [0.05, 0.1) is 11.3 Å². The van der Waals surface area contributed by atoms with Gasteiger partial charge in [0.15, 0.2) is 0 Å². The molecule has 1 aliphatic rings. The van der Waals surface area contributed by atoms with Gasteiger partial charge in [-0.2, -0.15) is 13.2 Å². The van der Waals surface area contributed by atoms with Crippen LogP contribution >= 0.6 is 11.6 Å². The average molecular weight is 367 g/mol. The number of halogens is 4. The van der Waals surface area contributed by atoms with Crippen molar-refractivity contribution in [2.75, 3.05) is 4.90 Å². The van der Waals surface area contributed by atoms with Gasteiger partial charge in [0.25, 0.3) is 5.91 Å². The third-order valence-corrected chi connectivity index (χ3v) is 3.70. The Kier molecular flexibility index (Phi) is 4.26. The number of nitrogens with one attached hydrogen (secondary N) is 1. The van der Waals surface area contributed by atoms with E-state index in [1.807, 2.05) is 0 Å². The van der Waals surface area contributed by atoms with Crippen LogP contribution in [0.15, 0.2) is 54.2 Å². The summed E-state index contributed by atoms with van der Waals surface area (Å²) in [6.45, 7) is 0. The molecule has 0 spiro atoms. The second kappa shape index (κ2) is 6.25. The molecular formula is C17H10ClF3N2O2. The molecule has 0 aromatic heterocycles. The van der Waals surface area contributed by atoms with Crippen molar-refractivity contribution in [1.82, 2.24) is 5.32 Å². The molecule has 4 nitrogen and oxygen atoms in total. The van der Waals surface area contributed by atoms with Crippen molar-refractivity contribution in [2.24, 2.45) is 0 Å². The minimum absolute atomic E-state index is 0.121. The Labute approximate surface area is 145 Å². The van der Waals surface area contributed by atoms with E-state index in [0.717, 1.165) is 17.0 Å². The first-order valence-electron chi connectivity index (χ1n) is 7.06. The van der Waals surface area contributed by atoms with Crippen molar-refractivity contribution in [2.45, 2.75) is 6.18 Å². The molecule has 1 aliphatic heterocycles. The summed E-state index contributed by atoms with van der Waals surface area (Å²) in [6.07, 6.45) is -3.30. The zero-order chi connectivity index (χ0) is 18.2. The van der Waals surface area contributed by atoms with Crippen LogP contribution in [0.1, 0.15) is 11.1 Å². The monoisotopic (exact) mass is 366 g/mol. The van der Waals surface area contributed by atoms with E-state index >= 15 is 0 Å². The number of amides is 3. The molecule has 0 aliphatic carbocycles. The Bertz CT molecular complexity index is 893. The van der Waals surface area contributed by atoms with E-state index in [-0.39, 0.29) is 16.9 Å². The molecule has 25 heavy (non-hydrogen) atoms. The summed E-state index contributed by atoms with van der Waals surface area (Å²) < 4.78 is 38.3. The molecule has 3 rings (SSSR count). The highest BCUT2D eigenvalue weighted by molar-refractivity contribution is 6.32. The van der Waals surface area contributed by atoms with Gasteiger partial charge in [-0.15, -0.1) is 0 Å². The molecule has 0 unspecified atom stereocenters. The molecule has 0 saturated carbocycles. The zero-order valence-electron chi connectivity index (χ0n) is 12.5. The van der Waals surface area contributed by atoms with Gasteiger partial charge in [-0.25, -0.2) is 9.69 Å². The van der Waals surface area contributed by atoms with Gasteiger partial charge in [-0.3, -0.25) is 4.79 Å². The van der Waals surface area contributed by atoms with Crippen LogP contribution in [-0.4, -0.2) is 11.9 Å². The molecule has 3 amide bonds. The van der Waals surface area contributed by atoms with Crippen molar-refractivity contribution >= 4 is 35.3 Å². The van der Waals surface area contributed by atoms with Crippen LogP contribution < -0.4 is 10.2 Å². The van der Waals surface area contributed by atoms with Crippen molar-refractivity contribution in [3.05, 3.63) is 70.4 Å². The maximum absolute atomic E-state index is 12.8. The summed E-state index contributed by atoms with van der Waals surface area (Å²) in [7, 11) is 0. The first-order chi connectivity index (χ1) is 11.8. The maximum atomic E-state index is 12.8. The summed E-state index contributed by atoms with van der Waals surface area (Å²) >= 11 is 5.85. The molecule has 1 heterocycles. The predicted molar refractivity (Wildman–Crippen MR) is 86.9 cm³/mol. The van der Waals surface area contributed by atoms with E-state index in [9.17, 15) is 22.8 Å². The van der Waals surface area contributed by atoms with Crippen molar-refractivity contribution in [3.8, 4) is 0 Å². The lowest BCUT2D eigenvalue weighted by Crippen LogP contribution is -2.30. The molecule has 1 saturated heterocycles. The smallest absolute Gasteiger partial charge is 0.302 e. The van der Waals surface area contributed by atoms with Gasteiger partial charge in [0.1, 0.15) is 5.70 Å². The Hall–Kier alpha value is -2.80. The molecule has 128 valence electrons. The molecule has 0 radical (unpaired) electrons. The Morgan fingerprint density at radius 1 is 1.04 bits per heavy atom. The highest BCUT2D eigenvalue weighted by Crippen LogP contribution is 2.30. The standard InChI is InChI=1S/C17H10ClF3N2O2/c18-12-5-2-6-13(9-12)23-15(24)14(22-16(23)25)8-10-3-1-4-11(7-10)17(19,20)21/h1-9H,(H,22,25)/b14-8+. The van der Waals surface area contributed by atoms with Gasteiger partial charge in [0.2, 0.25) is 0 Å². The Morgan fingerprint density at radius 3 is 2.44 bits per heavy atom. The molecule has 2 aromatic rings. The number of alkyl halides is 3. The minimum Gasteiger partial charge on any atom is -0.302 e. The Morgan fingerprint density at radius 2 is 1.76 bits per heavy atom. The average Bonchev–Trinajstić information content (AvgIpc) is 2.81. The molecule has 8 heteroatoms. The van der Waals surface area contributed by atoms with Crippen LogP contribution in [0.5, 0.6) is 0 Å². The van der Waals surface area contributed by atoms with Gasteiger partial charge in [0, 0.05) is 5.02 Å². The maximum Gasteiger partial charge on any atom is 0.416 e. The first-order valence-corrected chi connectivity index (χ1v) is 7.43. The summed E-state index contributed by atoms with van der Waals surface area (Å²) in [5.74, 6) is -0.676. The van der Waals surface area contributed by atoms with E-state index in [2.05, 4.69) is 5.32 Å². The minimum atomic E-state index is -4.50. The number of carbonyl (C=O) groups is 2. The Balaban J connectivity index is 1.93. The molecular weight excluding hydrogens is 357 g/mol. The number of nitrogens with zero attached hydrogens (tertiary/aromatic N) is 1. The van der Waals surface area contributed by atoms with Gasteiger partial charge < -0.3 is 5.32 Å². The van der Waals surface area contributed by atoms with E-state index in [1.165, 1.54) is 30.3 Å². The zero-order valence-corrected chi connectivity index (χ0v) is 13.2. The second-order valence-corrected chi connectivity index (χ2v) is 5.67. The topological polar surface area (TPSA) is 49.4 Å². The van der Waals surface area contributed by atoms with Crippen molar-refractivity contribution in [1.29, 1.82) is 0 Å². The third kappa shape index (κ3) is 3.51.